The third kappa shape index (κ3) is 2.78. The predicted octanol–water partition coefficient (Wildman–Crippen LogP) is 3.41. The lowest BCUT2D eigenvalue weighted by Gasteiger charge is -2.04. The summed E-state index contributed by atoms with van der Waals surface area (Å²) in [5, 5.41) is 19.5. The fraction of sp³-hybridized carbons (Fsp3) is 0.0833. The number of halogens is 2. The number of nitriles is 1. The Kier molecular flexibility index (Phi) is 4.20. The summed E-state index contributed by atoms with van der Waals surface area (Å²) in [6.45, 7) is 0. The molecule has 1 N–H and O–H groups in total. The molecule has 1 atom stereocenters. The number of nitrogens with zero attached hydrogens (tertiary/aromatic N) is 2. The first-order valence-electron chi connectivity index (χ1n) is 5.06. The van der Waals surface area contributed by atoms with Gasteiger partial charge in [0.05, 0.1) is 5.39 Å². The van der Waals surface area contributed by atoms with Gasteiger partial charge in [-0.15, -0.1) is 22.9 Å². The van der Waals surface area contributed by atoms with Crippen LogP contribution in [0.1, 0.15) is 5.01 Å². The number of hydrogen-bond donors (Lipinski definition) is 1. The molecule has 0 spiro atoms. The molecule has 1 aromatic heterocycles. The molecule has 7 heteroatoms. The van der Waals surface area contributed by atoms with Gasteiger partial charge >= 0.3 is 0 Å². The molecule has 0 fully saturated rings. The van der Waals surface area contributed by atoms with E-state index < -0.39 is 9.85 Å². The Morgan fingerprint density at radius 3 is 2.84 bits per heavy atom. The van der Waals surface area contributed by atoms with Crippen molar-refractivity contribution in [3.8, 4) is 6.07 Å². The quantitative estimate of drug-likeness (QED) is 0.508. The van der Waals surface area contributed by atoms with Gasteiger partial charge in [0.2, 0.25) is 0 Å². The molecular formula is C12H6BrClN2O2S. The topological polar surface area (TPSA) is 74.0 Å². The standard InChI is InChI=1S/C12H6BrClN2O2S/c13-10(14)9(17)7(5-15)12-16-11(18)6-3-1-2-4-8(6)19-12/h1-4,10,17H. The SMILES string of the molecule is N#CC(=C(O)C(Cl)Br)c1nc(=O)c2ccccc2s1. The first kappa shape index (κ1) is 14.0. The lowest BCUT2D eigenvalue weighted by Crippen LogP contribution is -2.08. The number of rotatable bonds is 2. The van der Waals surface area contributed by atoms with Crippen molar-refractivity contribution in [2.75, 3.05) is 0 Å². The Morgan fingerprint density at radius 1 is 1.53 bits per heavy atom. The van der Waals surface area contributed by atoms with Gasteiger partial charge in [-0.1, -0.05) is 28.1 Å². The molecule has 4 nitrogen and oxygen atoms in total. The highest BCUT2D eigenvalue weighted by Crippen LogP contribution is 2.27. The fourth-order valence-electron chi connectivity index (χ4n) is 1.44. The Morgan fingerprint density at radius 2 is 2.21 bits per heavy atom. The summed E-state index contributed by atoms with van der Waals surface area (Å²) in [7, 11) is 0. The van der Waals surface area contributed by atoms with Crippen LogP contribution in [0, 0.1) is 11.3 Å². The van der Waals surface area contributed by atoms with E-state index in [2.05, 4.69) is 20.9 Å². The Bertz CT molecular complexity index is 764. The number of hydrogen-bond acceptors (Lipinski definition) is 5. The first-order chi connectivity index (χ1) is 9.04. The minimum absolute atomic E-state index is 0.107. The van der Waals surface area contributed by atoms with Gasteiger partial charge in [-0.05, 0) is 12.1 Å². The maximum atomic E-state index is 11.8. The van der Waals surface area contributed by atoms with Crippen molar-refractivity contribution < 1.29 is 5.11 Å². The van der Waals surface area contributed by atoms with E-state index in [1.807, 2.05) is 6.07 Å². The Balaban J connectivity index is 2.74. The van der Waals surface area contributed by atoms with Crippen molar-refractivity contribution in [1.82, 2.24) is 4.98 Å². The molecular weight excluding hydrogens is 352 g/mol. The highest BCUT2D eigenvalue weighted by Gasteiger charge is 2.17. The summed E-state index contributed by atoms with van der Waals surface area (Å²) in [5.41, 5.74) is -0.546. The van der Waals surface area contributed by atoms with E-state index in [4.69, 9.17) is 16.9 Å². The summed E-state index contributed by atoms with van der Waals surface area (Å²) < 4.78 is -0.212. The molecule has 1 heterocycles. The van der Waals surface area contributed by atoms with Gasteiger partial charge in [-0.2, -0.15) is 10.2 Å². The third-order valence-electron chi connectivity index (χ3n) is 2.32. The van der Waals surface area contributed by atoms with Gasteiger partial charge in [0.1, 0.15) is 26.7 Å². The molecule has 0 amide bonds. The van der Waals surface area contributed by atoms with Crippen molar-refractivity contribution in [3.63, 3.8) is 0 Å². The van der Waals surface area contributed by atoms with E-state index in [0.29, 0.717) is 10.1 Å². The fourth-order valence-corrected chi connectivity index (χ4v) is 2.78. The zero-order valence-electron chi connectivity index (χ0n) is 9.30. The molecule has 0 aliphatic heterocycles. The zero-order chi connectivity index (χ0) is 14.0. The number of aliphatic hydroxyl groups is 1. The van der Waals surface area contributed by atoms with Crippen molar-refractivity contribution in [2.24, 2.45) is 0 Å². The van der Waals surface area contributed by atoms with Crippen LogP contribution in [0.15, 0.2) is 34.8 Å². The van der Waals surface area contributed by atoms with Gasteiger partial charge in [0.25, 0.3) is 5.56 Å². The minimum atomic E-state index is -0.905. The molecule has 1 unspecified atom stereocenters. The normalized spacial score (nSPS) is 13.7. The maximum absolute atomic E-state index is 11.8. The molecule has 19 heavy (non-hydrogen) atoms. The lowest BCUT2D eigenvalue weighted by molar-refractivity contribution is 0.415. The van der Waals surface area contributed by atoms with Crippen LogP contribution in [-0.4, -0.2) is 14.4 Å². The number of aromatic nitrogens is 1. The summed E-state index contributed by atoms with van der Waals surface area (Å²) in [6.07, 6.45) is 0. The summed E-state index contributed by atoms with van der Waals surface area (Å²) in [5.74, 6) is -0.359. The second kappa shape index (κ2) is 5.70. The van der Waals surface area contributed by atoms with Gasteiger partial charge in [0, 0.05) is 4.70 Å². The molecule has 2 rings (SSSR count). The second-order valence-electron chi connectivity index (χ2n) is 3.49. The number of aliphatic hydroxyl groups excluding tert-OH is 1. The number of allylic oxidation sites excluding steroid dienone is 2. The molecule has 0 radical (unpaired) electrons. The molecule has 2 aromatic rings. The van der Waals surface area contributed by atoms with E-state index in [9.17, 15) is 9.90 Å². The second-order valence-corrected chi connectivity index (χ2v) is 6.40. The van der Waals surface area contributed by atoms with Crippen LogP contribution >= 0.6 is 38.9 Å². The van der Waals surface area contributed by atoms with Crippen LogP contribution in [0.2, 0.25) is 0 Å². The van der Waals surface area contributed by atoms with Crippen LogP contribution in [0.4, 0.5) is 0 Å². The third-order valence-corrected chi connectivity index (χ3v) is 4.02. The summed E-state index contributed by atoms with van der Waals surface area (Å²) in [4.78, 5) is 15.7. The number of alkyl halides is 2. The molecule has 0 bridgehead atoms. The molecule has 96 valence electrons. The maximum Gasteiger partial charge on any atom is 0.279 e. The van der Waals surface area contributed by atoms with Crippen molar-refractivity contribution in [3.05, 3.63) is 45.4 Å². The van der Waals surface area contributed by atoms with Crippen LogP contribution in [0.3, 0.4) is 0 Å². The Hall–Kier alpha value is -1.42. The highest BCUT2D eigenvalue weighted by atomic mass is 79.9. The van der Waals surface area contributed by atoms with Crippen molar-refractivity contribution >= 4 is 54.5 Å². The summed E-state index contributed by atoms with van der Waals surface area (Å²) >= 11 is 9.77. The number of fused-ring (bicyclic) bond motifs is 1. The van der Waals surface area contributed by atoms with Gasteiger partial charge in [0.15, 0.2) is 0 Å². The predicted molar refractivity (Wildman–Crippen MR) is 79.6 cm³/mol. The molecule has 0 aliphatic rings. The molecule has 0 aliphatic carbocycles. The molecule has 0 saturated heterocycles. The van der Waals surface area contributed by atoms with Crippen LogP contribution in [0.25, 0.3) is 15.7 Å². The monoisotopic (exact) mass is 356 g/mol. The minimum Gasteiger partial charge on any atom is -0.508 e. The van der Waals surface area contributed by atoms with E-state index in [-0.39, 0.29) is 16.3 Å². The van der Waals surface area contributed by atoms with Crippen LogP contribution in [0.5, 0.6) is 0 Å². The van der Waals surface area contributed by atoms with Gasteiger partial charge < -0.3 is 5.11 Å². The van der Waals surface area contributed by atoms with E-state index in [0.717, 1.165) is 11.3 Å². The first-order valence-corrected chi connectivity index (χ1v) is 7.23. The van der Waals surface area contributed by atoms with E-state index in [1.165, 1.54) is 0 Å². The number of benzene rings is 1. The van der Waals surface area contributed by atoms with Crippen molar-refractivity contribution in [1.29, 1.82) is 5.26 Å². The largest absolute Gasteiger partial charge is 0.508 e. The zero-order valence-corrected chi connectivity index (χ0v) is 12.5. The molecule has 0 saturated carbocycles. The average molecular weight is 358 g/mol. The van der Waals surface area contributed by atoms with Crippen LogP contribution < -0.4 is 5.56 Å². The van der Waals surface area contributed by atoms with Gasteiger partial charge in [-0.25, -0.2) is 0 Å². The van der Waals surface area contributed by atoms with Crippen molar-refractivity contribution in [2.45, 2.75) is 4.29 Å². The highest BCUT2D eigenvalue weighted by molar-refractivity contribution is 9.10. The van der Waals surface area contributed by atoms with Crippen LogP contribution in [-0.2, 0) is 0 Å². The smallest absolute Gasteiger partial charge is 0.279 e. The average Bonchev–Trinajstić information content (AvgIpc) is 2.39. The summed E-state index contributed by atoms with van der Waals surface area (Å²) in [6, 6.07) is 8.76. The lowest BCUT2D eigenvalue weighted by atomic mass is 10.2. The van der Waals surface area contributed by atoms with Gasteiger partial charge in [-0.3, -0.25) is 4.79 Å². The van der Waals surface area contributed by atoms with E-state index in [1.54, 1.807) is 24.3 Å². The Labute approximate surface area is 125 Å². The molecule has 1 aromatic carbocycles. The van der Waals surface area contributed by atoms with E-state index >= 15 is 0 Å².